The van der Waals surface area contributed by atoms with Gasteiger partial charge in [0, 0.05) is 27.2 Å². The summed E-state index contributed by atoms with van der Waals surface area (Å²) in [6.45, 7) is -1.35. The highest BCUT2D eigenvalue weighted by molar-refractivity contribution is 5.77. The molecule has 70 heavy (non-hydrogen) atoms. The number of carboxylic acid groups (broad SMARTS) is 1. The molecule has 4 heterocycles. The minimum atomic E-state index is -3.24. The molecular weight excluding hydrogens is 958 g/mol. The Balaban J connectivity index is 1.87. The second-order valence-corrected chi connectivity index (χ2v) is 17.3. The molecule has 4 aliphatic rings. The van der Waals surface area contributed by atoms with Crippen LogP contribution in [0, 0.1) is 0 Å². The lowest BCUT2D eigenvalue weighted by atomic mass is 9.88. The zero-order valence-electron chi connectivity index (χ0n) is 38.2. The first-order valence-corrected chi connectivity index (χ1v) is 22.0. The van der Waals surface area contributed by atoms with Crippen LogP contribution in [0.5, 0.6) is 0 Å². The van der Waals surface area contributed by atoms with Crippen molar-refractivity contribution >= 4 is 23.7 Å². The van der Waals surface area contributed by atoms with Gasteiger partial charge in [0.05, 0.1) is 57.3 Å². The molecule has 0 aromatic carbocycles. The smallest absolute Gasteiger partial charge is 0.364 e. The van der Waals surface area contributed by atoms with Crippen LogP contribution in [-0.2, 0) is 57.1 Å². The van der Waals surface area contributed by atoms with Crippen LogP contribution in [-0.4, -0.2) is 291 Å². The monoisotopic (exact) mass is 1030 g/mol. The van der Waals surface area contributed by atoms with E-state index in [0.29, 0.717) is 0 Å². The van der Waals surface area contributed by atoms with Crippen molar-refractivity contribution in [2.45, 2.75) is 187 Å². The van der Waals surface area contributed by atoms with Gasteiger partial charge in [-0.1, -0.05) is 0 Å². The maximum atomic E-state index is 13.1. The van der Waals surface area contributed by atoms with Gasteiger partial charge in [-0.25, -0.2) is 4.79 Å². The summed E-state index contributed by atoms with van der Waals surface area (Å²) in [5, 5.41) is 178. The third-order valence-corrected chi connectivity index (χ3v) is 12.1. The molecule has 4 aliphatic heterocycles. The molecule has 31 heteroatoms. The fraction of sp³-hybridized carbons (Fsp3) is 0.897. The number of hydrogen-bond donors (Lipinski definition) is 19. The Morgan fingerprint density at radius 1 is 0.643 bits per heavy atom. The van der Waals surface area contributed by atoms with Crippen molar-refractivity contribution in [2.75, 3.05) is 33.0 Å². The number of rotatable bonds is 22. The Bertz CT molecular complexity index is 1710. The van der Waals surface area contributed by atoms with E-state index >= 15 is 0 Å². The molecule has 3 amide bonds. The number of ether oxygens (including phenoxy) is 8. The Morgan fingerprint density at radius 2 is 1.20 bits per heavy atom. The lowest BCUT2D eigenvalue weighted by molar-refractivity contribution is -0.392. The number of aliphatic carboxylic acids is 1. The Morgan fingerprint density at radius 3 is 1.73 bits per heavy atom. The number of carbonyl (C=O) groups is 4. The van der Waals surface area contributed by atoms with E-state index < -0.39 is 216 Å². The number of hydrogen-bond acceptors (Lipinski definition) is 27. The molecule has 0 radical (unpaired) electrons. The van der Waals surface area contributed by atoms with Crippen LogP contribution in [0.2, 0.25) is 0 Å². The molecule has 25 atom stereocenters. The number of carboxylic acids is 1. The zero-order valence-corrected chi connectivity index (χ0v) is 38.2. The van der Waals surface area contributed by atoms with E-state index in [0.717, 1.165) is 20.8 Å². The first-order valence-electron chi connectivity index (χ1n) is 22.0. The first kappa shape index (κ1) is 59.5. The number of aliphatic hydroxyl groups excluding tert-OH is 15. The molecule has 0 aliphatic carbocycles. The maximum Gasteiger partial charge on any atom is 0.364 e. The molecule has 0 aromatic heterocycles. The molecule has 0 bridgehead atoms. The molecule has 19 N–H and O–H groups in total. The molecule has 4 rings (SSSR count). The molecule has 0 aromatic rings. The Hall–Kier alpha value is -3.04. The minimum Gasteiger partial charge on any atom is -0.477 e. The van der Waals surface area contributed by atoms with Gasteiger partial charge >= 0.3 is 5.97 Å². The third-order valence-electron chi connectivity index (χ3n) is 12.1. The van der Waals surface area contributed by atoms with E-state index in [-0.39, 0.29) is 0 Å². The third kappa shape index (κ3) is 13.6. The van der Waals surface area contributed by atoms with E-state index in [1.807, 2.05) is 0 Å². The van der Waals surface area contributed by atoms with Gasteiger partial charge in [0.15, 0.2) is 18.9 Å². The molecule has 0 spiro atoms. The van der Waals surface area contributed by atoms with Crippen molar-refractivity contribution < 1.29 is 139 Å². The van der Waals surface area contributed by atoms with Crippen molar-refractivity contribution in [3.8, 4) is 0 Å². The van der Waals surface area contributed by atoms with Gasteiger partial charge in [-0.05, 0) is 6.92 Å². The summed E-state index contributed by atoms with van der Waals surface area (Å²) in [7, 11) is 0. The quantitative estimate of drug-likeness (QED) is 0.0479. The van der Waals surface area contributed by atoms with Crippen molar-refractivity contribution in [1.82, 2.24) is 16.0 Å². The SMILES string of the molecule is CC(=O)N[C@H]1[C@H](O[C@@H]([C@@H](O)[C@H](O)CO)[C@H](CO)NC(C)=O)O[C@H](CO)[C@@H](O[C@@H]2O[C@@H](C)[C@@H](O)[C@@H](O)[C@@H]2O)[C@@H]1O[C@@H]1O[C@H](CO)[C@H](O)[C@H](O[C@]2(C(=O)O)C[C@H](O)[C@@H](NC(C)=O)[C@H]([C@H](O)[C@H](O)CO)O2)[C@H]1O. The minimum absolute atomic E-state index is 0.808. The maximum absolute atomic E-state index is 13.1. The molecule has 4 fully saturated rings. The van der Waals surface area contributed by atoms with E-state index in [4.69, 9.17) is 37.9 Å². The fourth-order valence-electron chi connectivity index (χ4n) is 8.48. The molecular formula is C39H67N3O28. The highest BCUT2D eigenvalue weighted by atomic mass is 16.8. The largest absolute Gasteiger partial charge is 0.477 e. The van der Waals surface area contributed by atoms with Crippen LogP contribution >= 0.6 is 0 Å². The van der Waals surface area contributed by atoms with E-state index in [1.54, 1.807) is 0 Å². The van der Waals surface area contributed by atoms with E-state index in [2.05, 4.69) is 16.0 Å². The summed E-state index contributed by atoms with van der Waals surface area (Å²) in [5.74, 6) is -7.93. The molecule has 0 saturated carbocycles. The number of carbonyl (C=O) groups excluding carboxylic acids is 3. The number of aliphatic hydroxyl groups is 15. The first-order chi connectivity index (χ1) is 32.8. The van der Waals surface area contributed by atoms with Crippen molar-refractivity contribution in [1.29, 1.82) is 0 Å². The topological polar surface area (TPSA) is 502 Å². The molecule has 406 valence electrons. The summed E-state index contributed by atoms with van der Waals surface area (Å²) < 4.78 is 47.0. The van der Waals surface area contributed by atoms with Gasteiger partial charge in [-0.3, -0.25) is 14.4 Å². The Labute approximate surface area is 397 Å². The lowest BCUT2D eigenvalue weighted by Crippen LogP contribution is -2.72. The van der Waals surface area contributed by atoms with Gasteiger partial charge in [0.25, 0.3) is 5.79 Å². The van der Waals surface area contributed by atoms with Gasteiger partial charge in [-0.2, -0.15) is 0 Å². The second kappa shape index (κ2) is 25.8. The molecule has 0 unspecified atom stereocenters. The average molecular weight is 1030 g/mol. The predicted octanol–water partition coefficient (Wildman–Crippen LogP) is -11.6. The van der Waals surface area contributed by atoms with Crippen LogP contribution in [0.15, 0.2) is 0 Å². The normalized spacial score (nSPS) is 40.7. The molecule has 31 nitrogen and oxygen atoms in total. The zero-order chi connectivity index (χ0) is 52.7. The number of nitrogens with one attached hydrogen (secondary N) is 3. The van der Waals surface area contributed by atoms with Gasteiger partial charge in [0.2, 0.25) is 17.7 Å². The van der Waals surface area contributed by atoms with Gasteiger partial charge < -0.3 is 136 Å². The summed E-state index contributed by atoms with van der Waals surface area (Å²) in [6, 6.07) is -5.24. The summed E-state index contributed by atoms with van der Waals surface area (Å²) in [4.78, 5) is 50.4. The van der Waals surface area contributed by atoms with E-state index in [1.165, 1.54) is 6.92 Å². The van der Waals surface area contributed by atoms with Crippen molar-refractivity contribution in [2.24, 2.45) is 0 Å². The number of amides is 3. The van der Waals surface area contributed by atoms with Crippen LogP contribution in [0.3, 0.4) is 0 Å². The average Bonchev–Trinajstić information content (AvgIpc) is 3.31. The standard InChI is InChI=1S/C39H67N3O28/c1-11-23(54)27(58)28(59)36(63-11)67-31-20(10-47)65-35(66-30(24(55)17(52)7-44)15(6-43)40-12(2)48)22(42-14(4)50)33(31)68-37-29(60)34(26(57)19(9-46)64-37)70-39(38(61)62)5-16(51)21(41-13(3)49)32(69-39)25(56)18(53)8-45/h11,15-37,43-47,51-60H,5-10H2,1-4H3,(H,40,48)(H,41,49)(H,42,50)(H,61,62)/t11-,15-,16-,17+,18+,19+,20+,21+,22+,23+,24-,25+,26-,27+,28-,29+,30+,31+,32+,33+,34-,35-,36-,37-,39-/m0/s1. The van der Waals surface area contributed by atoms with Crippen LogP contribution < -0.4 is 16.0 Å². The van der Waals surface area contributed by atoms with Crippen LogP contribution in [0.25, 0.3) is 0 Å². The van der Waals surface area contributed by atoms with Crippen molar-refractivity contribution in [3.63, 3.8) is 0 Å². The van der Waals surface area contributed by atoms with E-state index in [9.17, 15) is 101 Å². The van der Waals surface area contributed by atoms with Crippen LogP contribution in [0.4, 0.5) is 0 Å². The summed E-state index contributed by atoms with van der Waals surface area (Å²) >= 11 is 0. The predicted molar refractivity (Wildman–Crippen MR) is 219 cm³/mol. The Kier molecular flexibility index (Phi) is 21.9. The second-order valence-electron chi connectivity index (χ2n) is 17.3. The van der Waals surface area contributed by atoms with Crippen LogP contribution in [0.1, 0.15) is 34.1 Å². The fourth-order valence-corrected chi connectivity index (χ4v) is 8.48. The highest BCUT2D eigenvalue weighted by Gasteiger charge is 2.61. The summed E-state index contributed by atoms with van der Waals surface area (Å²) in [6.07, 6.45) is -44.1. The highest BCUT2D eigenvalue weighted by Crippen LogP contribution is 2.39. The summed E-state index contributed by atoms with van der Waals surface area (Å²) in [5.41, 5.74) is 0. The van der Waals surface area contributed by atoms with Gasteiger partial charge in [-0.15, -0.1) is 0 Å². The lowest BCUT2D eigenvalue weighted by Gasteiger charge is -2.52. The molecule has 4 saturated heterocycles. The van der Waals surface area contributed by atoms with Gasteiger partial charge in [0.1, 0.15) is 104 Å². The van der Waals surface area contributed by atoms with Crippen molar-refractivity contribution in [3.05, 3.63) is 0 Å².